The average molecular weight is 264 g/mol. The van der Waals surface area contributed by atoms with Crippen LogP contribution >= 0.6 is 0 Å². The number of hydrogen-bond donors (Lipinski definition) is 1. The normalized spacial score (nSPS) is 11.9. The van der Waals surface area contributed by atoms with Crippen molar-refractivity contribution in [2.45, 2.75) is 13.1 Å². The van der Waals surface area contributed by atoms with E-state index in [1.165, 1.54) is 17.0 Å². The Bertz CT molecular complexity index is 365. The van der Waals surface area contributed by atoms with E-state index in [4.69, 9.17) is 0 Å². The molecule has 1 rings (SSSR count). The molecule has 0 spiro atoms. The number of likely N-dealkylation sites (N-methyl/N-ethyl adjacent to an activating group) is 1. The summed E-state index contributed by atoms with van der Waals surface area (Å²) in [7, 11) is 0. The fourth-order valence-electron chi connectivity index (χ4n) is 1.56. The predicted octanol–water partition coefficient (Wildman–Crippen LogP) is 3.12. The lowest BCUT2D eigenvalue weighted by Crippen LogP contribution is -2.37. The number of rotatable bonds is 6. The van der Waals surface area contributed by atoms with Gasteiger partial charge < -0.3 is 5.32 Å². The molecule has 2 nitrogen and oxygen atoms in total. The Kier molecular flexibility index (Phi) is 5.40. The minimum Gasteiger partial charge on any atom is -0.384 e. The Morgan fingerprint density at radius 3 is 2.56 bits per heavy atom. The first-order valence-corrected chi connectivity index (χ1v) is 5.69. The molecule has 0 amide bonds. The van der Waals surface area contributed by atoms with Gasteiger partial charge in [-0.15, -0.1) is 0 Å². The SMILES string of the molecule is CCN(CCNc1cccc(F)c1)CC(F)(F)F. The molecule has 0 heterocycles. The summed E-state index contributed by atoms with van der Waals surface area (Å²) in [4.78, 5) is 1.28. The Morgan fingerprint density at radius 1 is 1.28 bits per heavy atom. The molecule has 102 valence electrons. The second-order valence-electron chi connectivity index (χ2n) is 3.92. The maximum Gasteiger partial charge on any atom is 0.401 e. The summed E-state index contributed by atoms with van der Waals surface area (Å²) in [5.41, 5.74) is 0.568. The molecule has 0 atom stereocenters. The Hall–Kier alpha value is -1.30. The van der Waals surface area contributed by atoms with Gasteiger partial charge in [-0.2, -0.15) is 13.2 Å². The van der Waals surface area contributed by atoms with Crippen LogP contribution in [0, 0.1) is 5.82 Å². The molecule has 0 saturated carbocycles. The Balaban J connectivity index is 2.35. The van der Waals surface area contributed by atoms with Gasteiger partial charge in [-0.1, -0.05) is 13.0 Å². The second kappa shape index (κ2) is 6.58. The highest BCUT2D eigenvalue weighted by molar-refractivity contribution is 5.42. The molecule has 0 fully saturated rings. The topological polar surface area (TPSA) is 15.3 Å². The standard InChI is InChI=1S/C12H16F4N2/c1-2-18(9-12(14,15)16)7-6-17-11-5-3-4-10(13)8-11/h3-5,8,17H,2,6-7,9H2,1H3. The van der Waals surface area contributed by atoms with E-state index in [1.54, 1.807) is 19.1 Å². The Morgan fingerprint density at radius 2 is 2.00 bits per heavy atom. The second-order valence-corrected chi connectivity index (χ2v) is 3.92. The molecule has 0 bridgehead atoms. The highest BCUT2D eigenvalue weighted by Gasteiger charge is 2.29. The first kappa shape index (κ1) is 14.8. The molecule has 1 aromatic carbocycles. The first-order valence-electron chi connectivity index (χ1n) is 5.69. The number of benzene rings is 1. The van der Waals surface area contributed by atoms with Crippen LogP contribution in [0.2, 0.25) is 0 Å². The Labute approximate surface area is 104 Å². The molecule has 0 aliphatic rings. The minimum absolute atomic E-state index is 0.256. The van der Waals surface area contributed by atoms with E-state index >= 15 is 0 Å². The summed E-state index contributed by atoms with van der Waals surface area (Å²) in [5.74, 6) is -0.373. The molecule has 0 aliphatic carbocycles. The van der Waals surface area contributed by atoms with Crippen molar-refractivity contribution in [2.24, 2.45) is 0 Å². The fraction of sp³-hybridized carbons (Fsp3) is 0.500. The maximum atomic E-state index is 12.8. The summed E-state index contributed by atoms with van der Waals surface area (Å²) in [6, 6.07) is 5.83. The monoisotopic (exact) mass is 264 g/mol. The maximum absolute atomic E-state index is 12.8. The van der Waals surface area contributed by atoms with Crippen molar-refractivity contribution in [3.63, 3.8) is 0 Å². The molecule has 18 heavy (non-hydrogen) atoms. The number of nitrogens with zero attached hydrogens (tertiary/aromatic N) is 1. The van der Waals surface area contributed by atoms with Crippen molar-refractivity contribution in [2.75, 3.05) is 31.5 Å². The third-order valence-electron chi connectivity index (χ3n) is 2.43. The van der Waals surface area contributed by atoms with Crippen molar-refractivity contribution < 1.29 is 17.6 Å². The van der Waals surface area contributed by atoms with Crippen LogP contribution in [0.15, 0.2) is 24.3 Å². The summed E-state index contributed by atoms with van der Waals surface area (Å²) >= 11 is 0. The van der Waals surface area contributed by atoms with Crippen LogP contribution in [0.25, 0.3) is 0 Å². The van der Waals surface area contributed by atoms with Crippen LogP contribution in [0.1, 0.15) is 6.92 Å². The molecule has 1 N–H and O–H groups in total. The summed E-state index contributed by atoms with van der Waals surface area (Å²) in [5, 5.41) is 2.89. The van der Waals surface area contributed by atoms with Gasteiger partial charge in [-0.3, -0.25) is 4.90 Å². The number of alkyl halides is 3. The number of hydrogen-bond acceptors (Lipinski definition) is 2. The molecule has 1 aromatic rings. The number of nitrogens with one attached hydrogen (secondary N) is 1. The van der Waals surface area contributed by atoms with Crippen molar-refractivity contribution in [3.05, 3.63) is 30.1 Å². The van der Waals surface area contributed by atoms with Gasteiger partial charge >= 0.3 is 6.18 Å². The molecule has 6 heteroatoms. The van der Waals surface area contributed by atoms with E-state index in [0.717, 1.165) is 0 Å². The van der Waals surface area contributed by atoms with Crippen LogP contribution < -0.4 is 5.32 Å². The lowest BCUT2D eigenvalue weighted by atomic mass is 10.3. The number of anilines is 1. The summed E-state index contributed by atoms with van der Waals surface area (Å²) < 4.78 is 49.4. The van der Waals surface area contributed by atoms with Gasteiger partial charge in [0, 0.05) is 18.8 Å². The van der Waals surface area contributed by atoms with E-state index in [1.807, 2.05) is 0 Å². The average Bonchev–Trinajstić information content (AvgIpc) is 2.26. The fourth-order valence-corrected chi connectivity index (χ4v) is 1.56. The third kappa shape index (κ3) is 5.86. The van der Waals surface area contributed by atoms with Crippen molar-refractivity contribution in [3.8, 4) is 0 Å². The van der Waals surface area contributed by atoms with E-state index in [0.29, 0.717) is 18.8 Å². The van der Waals surface area contributed by atoms with Gasteiger partial charge in [0.25, 0.3) is 0 Å². The van der Waals surface area contributed by atoms with Gasteiger partial charge in [0.2, 0.25) is 0 Å². The molecule has 0 unspecified atom stereocenters. The van der Waals surface area contributed by atoms with Crippen LogP contribution in [0.3, 0.4) is 0 Å². The summed E-state index contributed by atoms with van der Waals surface area (Å²) in [6.07, 6.45) is -4.19. The minimum atomic E-state index is -4.19. The summed E-state index contributed by atoms with van der Waals surface area (Å²) in [6.45, 7) is 1.67. The predicted molar refractivity (Wildman–Crippen MR) is 63.1 cm³/mol. The zero-order chi connectivity index (χ0) is 13.6. The van der Waals surface area contributed by atoms with Crippen molar-refractivity contribution in [1.29, 1.82) is 0 Å². The van der Waals surface area contributed by atoms with Crippen LogP contribution in [-0.4, -0.2) is 37.3 Å². The highest BCUT2D eigenvalue weighted by atomic mass is 19.4. The smallest absolute Gasteiger partial charge is 0.384 e. The molecular weight excluding hydrogens is 248 g/mol. The van der Waals surface area contributed by atoms with E-state index in [2.05, 4.69) is 5.32 Å². The lowest BCUT2D eigenvalue weighted by molar-refractivity contribution is -0.145. The molecule has 0 saturated heterocycles. The van der Waals surface area contributed by atoms with E-state index in [9.17, 15) is 17.6 Å². The lowest BCUT2D eigenvalue weighted by Gasteiger charge is -2.22. The van der Waals surface area contributed by atoms with Gasteiger partial charge in [-0.05, 0) is 24.7 Å². The highest BCUT2D eigenvalue weighted by Crippen LogP contribution is 2.16. The van der Waals surface area contributed by atoms with Crippen LogP contribution in [0.5, 0.6) is 0 Å². The molecular formula is C12H16F4N2. The van der Waals surface area contributed by atoms with Gasteiger partial charge in [0.05, 0.1) is 6.54 Å². The third-order valence-corrected chi connectivity index (χ3v) is 2.43. The molecule has 0 aromatic heterocycles. The van der Waals surface area contributed by atoms with Crippen LogP contribution in [-0.2, 0) is 0 Å². The zero-order valence-electron chi connectivity index (χ0n) is 10.1. The van der Waals surface area contributed by atoms with E-state index in [-0.39, 0.29) is 12.4 Å². The number of halogens is 4. The van der Waals surface area contributed by atoms with Gasteiger partial charge in [-0.25, -0.2) is 4.39 Å². The molecule has 0 radical (unpaired) electrons. The largest absolute Gasteiger partial charge is 0.401 e. The van der Waals surface area contributed by atoms with Crippen LogP contribution in [0.4, 0.5) is 23.2 Å². The van der Waals surface area contributed by atoms with Gasteiger partial charge in [0.15, 0.2) is 0 Å². The quantitative estimate of drug-likeness (QED) is 0.794. The van der Waals surface area contributed by atoms with Crippen molar-refractivity contribution in [1.82, 2.24) is 4.90 Å². The zero-order valence-corrected chi connectivity index (χ0v) is 10.1. The van der Waals surface area contributed by atoms with Gasteiger partial charge in [0.1, 0.15) is 5.82 Å². The first-order chi connectivity index (χ1) is 8.40. The molecule has 0 aliphatic heterocycles. The van der Waals surface area contributed by atoms with Crippen molar-refractivity contribution >= 4 is 5.69 Å². The van der Waals surface area contributed by atoms with E-state index < -0.39 is 12.7 Å².